The summed E-state index contributed by atoms with van der Waals surface area (Å²) >= 11 is 0. The second kappa shape index (κ2) is 11.5. The summed E-state index contributed by atoms with van der Waals surface area (Å²) in [5.74, 6) is 3.16. The third-order valence-electron chi connectivity index (χ3n) is 6.27. The van der Waals surface area contributed by atoms with Gasteiger partial charge in [0.05, 0.1) is 7.11 Å². The lowest BCUT2D eigenvalue weighted by atomic mass is 9.98. The van der Waals surface area contributed by atoms with Gasteiger partial charge in [0.25, 0.3) is 0 Å². The van der Waals surface area contributed by atoms with E-state index in [-0.39, 0.29) is 0 Å². The number of hydrogen-bond donors (Lipinski definition) is 4. The van der Waals surface area contributed by atoms with Crippen LogP contribution in [0.25, 0.3) is 0 Å². The summed E-state index contributed by atoms with van der Waals surface area (Å²) in [7, 11) is 1.61. The Balaban J connectivity index is 1.43. The molecule has 4 rings (SSSR count). The van der Waals surface area contributed by atoms with E-state index in [4.69, 9.17) is 9.47 Å². The van der Waals surface area contributed by atoms with E-state index in [1.165, 1.54) is 12.8 Å². The van der Waals surface area contributed by atoms with Gasteiger partial charge in [-0.15, -0.1) is 0 Å². The molecule has 9 nitrogen and oxygen atoms in total. The van der Waals surface area contributed by atoms with Gasteiger partial charge in [0.1, 0.15) is 11.9 Å². The molecule has 3 heterocycles. The van der Waals surface area contributed by atoms with Gasteiger partial charge in [-0.3, -0.25) is 4.90 Å². The van der Waals surface area contributed by atoms with E-state index < -0.39 is 12.3 Å². The van der Waals surface area contributed by atoms with Crippen LogP contribution in [0.2, 0.25) is 0 Å². The minimum Gasteiger partial charge on any atom is -0.493 e. The van der Waals surface area contributed by atoms with Crippen molar-refractivity contribution in [3.05, 3.63) is 30.5 Å². The van der Waals surface area contributed by atoms with E-state index in [2.05, 4.69) is 30.8 Å². The van der Waals surface area contributed by atoms with E-state index in [0.717, 1.165) is 57.1 Å². The molecule has 2 fully saturated rings. The molecule has 2 saturated heterocycles. The lowest BCUT2D eigenvalue weighted by molar-refractivity contribution is -0.0486. The maximum atomic E-state index is 10.3. The molecular formula is C24H36N6O3. The van der Waals surface area contributed by atoms with Crippen LogP contribution in [-0.2, 0) is 0 Å². The molecule has 0 spiro atoms. The number of methoxy groups -OCH3 is 1. The van der Waals surface area contributed by atoms with Gasteiger partial charge in [0.2, 0.25) is 5.95 Å². The molecule has 2 aliphatic heterocycles. The van der Waals surface area contributed by atoms with Crippen molar-refractivity contribution in [1.82, 2.24) is 20.2 Å². The Labute approximate surface area is 195 Å². The van der Waals surface area contributed by atoms with Crippen LogP contribution in [0.5, 0.6) is 11.5 Å². The van der Waals surface area contributed by atoms with Gasteiger partial charge in [0, 0.05) is 37.6 Å². The van der Waals surface area contributed by atoms with Gasteiger partial charge in [-0.05, 0) is 69.8 Å². The first-order valence-corrected chi connectivity index (χ1v) is 11.9. The Morgan fingerprint density at radius 1 is 1.18 bits per heavy atom. The number of aliphatic hydroxyl groups is 1. The van der Waals surface area contributed by atoms with E-state index >= 15 is 0 Å². The lowest BCUT2D eigenvalue weighted by Crippen LogP contribution is -2.45. The summed E-state index contributed by atoms with van der Waals surface area (Å²) in [5.41, 5.74) is 0.784. The van der Waals surface area contributed by atoms with Crippen molar-refractivity contribution in [2.75, 3.05) is 50.5 Å². The van der Waals surface area contributed by atoms with Crippen molar-refractivity contribution in [3.63, 3.8) is 0 Å². The standard InChI is InChI=1S/C24H36N6O3/c1-17(31)23(30-13-3-4-14-30)33-21-15-19(5-6-20(21)32-2)28-24-26-12-9-22(29-24)27-16-18-7-10-25-11-8-18/h5-6,9,12,15,17-18,23,25,31H,3-4,7-8,10-11,13-14,16H2,1-2H3,(H2,26,27,28,29). The molecule has 0 saturated carbocycles. The van der Waals surface area contributed by atoms with Crippen LogP contribution >= 0.6 is 0 Å². The predicted molar refractivity (Wildman–Crippen MR) is 129 cm³/mol. The van der Waals surface area contributed by atoms with E-state index in [1.807, 2.05) is 24.3 Å². The number of aromatic nitrogens is 2. The minimum absolute atomic E-state index is 0.421. The van der Waals surface area contributed by atoms with Crippen molar-refractivity contribution >= 4 is 17.5 Å². The lowest BCUT2D eigenvalue weighted by Gasteiger charge is -2.30. The first-order chi connectivity index (χ1) is 16.1. The number of aliphatic hydroxyl groups excluding tert-OH is 1. The minimum atomic E-state index is -0.629. The molecule has 0 aliphatic carbocycles. The SMILES string of the molecule is COc1ccc(Nc2nccc(NCC3CCNCC3)n2)cc1OC(C(C)O)N1CCCC1. The smallest absolute Gasteiger partial charge is 0.229 e. The van der Waals surface area contributed by atoms with Crippen LogP contribution < -0.4 is 25.4 Å². The summed E-state index contributed by atoms with van der Waals surface area (Å²) in [6.45, 7) is 6.67. The van der Waals surface area contributed by atoms with Crippen molar-refractivity contribution in [2.45, 2.75) is 44.9 Å². The van der Waals surface area contributed by atoms with Crippen molar-refractivity contribution < 1.29 is 14.6 Å². The topological polar surface area (TPSA) is 104 Å². The number of nitrogens with one attached hydrogen (secondary N) is 3. The molecule has 0 radical (unpaired) electrons. The molecule has 2 atom stereocenters. The number of anilines is 3. The molecule has 33 heavy (non-hydrogen) atoms. The van der Waals surface area contributed by atoms with Crippen LogP contribution in [0.3, 0.4) is 0 Å². The average molecular weight is 457 g/mol. The zero-order chi connectivity index (χ0) is 23.0. The number of benzene rings is 1. The van der Waals surface area contributed by atoms with E-state index in [9.17, 15) is 5.11 Å². The van der Waals surface area contributed by atoms with Crippen LogP contribution in [-0.4, -0.2) is 72.1 Å². The van der Waals surface area contributed by atoms with Gasteiger partial charge in [-0.25, -0.2) is 4.98 Å². The molecule has 0 bridgehead atoms. The van der Waals surface area contributed by atoms with Gasteiger partial charge in [-0.1, -0.05) is 0 Å². The average Bonchev–Trinajstić information content (AvgIpc) is 3.37. The van der Waals surface area contributed by atoms with Crippen LogP contribution in [0.4, 0.5) is 17.5 Å². The first kappa shape index (κ1) is 23.5. The largest absolute Gasteiger partial charge is 0.493 e. The Morgan fingerprint density at radius 2 is 1.97 bits per heavy atom. The molecule has 1 aromatic heterocycles. The third-order valence-corrected chi connectivity index (χ3v) is 6.27. The van der Waals surface area contributed by atoms with Crippen molar-refractivity contribution in [3.8, 4) is 11.5 Å². The molecule has 0 amide bonds. The number of rotatable bonds is 10. The van der Waals surface area contributed by atoms with Crippen molar-refractivity contribution in [1.29, 1.82) is 0 Å². The molecule has 2 unspecified atom stereocenters. The highest BCUT2D eigenvalue weighted by Gasteiger charge is 2.28. The molecule has 2 aromatic rings. The number of piperidine rings is 1. The second-order valence-corrected chi connectivity index (χ2v) is 8.82. The maximum Gasteiger partial charge on any atom is 0.229 e. The van der Waals surface area contributed by atoms with E-state index in [1.54, 1.807) is 20.2 Å². The molecule has 4 N–H and O–H groups in total. The fourth-order valence-corrected chi connectivity index (χ4v) is 4.43. The zero-order valence-electron chi connectivity index (χ0n) is 19.6. The number of hydrogen-bond acceptors (Lipinski definition) is 9. The summed E-state index contributed by atoms with van der Waals surface area (Å²) < 4.78 is 11.7. The fraction of sp³-hybridized carbons (Fsp3) is 0.583. The van der Waals surface area contributed by atoms with Crippen molar-refractivity contribution in [2.24, 2.45) is 5.92 Å². The molecular weight excluding hydrogens is 420 g/mol. The number of likely N-dealkylation sites (tertiary alicyclic amines) is 1. The highest BCUT2D eigenvalue weighted by molar-refractivity contribution is 5.60. The van der Waals surface area contributed by atoms with Gasteiger partial charge in [-0.2, -0.15) is 4.98 Å². The summed E-state index contributed by atoms with van der Waals surface area (Å²) in [6, 6.07) is 7.50. The Hall–Kier alpha value is -2.62. The van der Waals surface area contributed by atoms with Crippen LogP contribution in [0.1, 0.15) is 32.6 Å². The molecule has 9 heteroatoms. The fourth-order valence-electron chi connectivity index (χ4n) is 4.43. The van der Waals surface area contributed by atoms with Crippen LogP contribution in [0, 0.1) is 5.92 Å². The first-order valence-electron chi connectivity index (χ1n) is 11.9. The number of ether oxygens (including phenoxy) is 2. The Kier molecular flexibility index (Phi) is 8.20. The second-order valence-electron chi connectivity index (χ2n) is 8.82. The van der Waals surface area contributed by atoms with Gasteiger partial charge >= 0.3 is 0 Å². The highest BCUT2D eigenvalue weighted by atomic mass is 16.5. The summed E-state index contributed by atoms with van der Waals surface area (Å²) in [4.78, 5) is 11.1. The zero-order valence-corrected chi connectivity index (χ0v) is 19.6. The number of nitrogens with zero attached hydrogens (tertiary/aromatic N) is 3. The quantitative estimate of drug-likeness (QED) is 0.430. The highest BCUT2D eigenvalue weighted by Crippen LogP contribution is 2.33. The van der Waals surface area contributed by atoms with E-state index in [0.29, 0.717) is 23.4 Å². The monoisotopic (exact) mass is 456 g/mol. The molecule has 180 valence electrons. The van der Waals surface area contributed by atoms with Gasteiger partial charge < -0.3 is 30.5 Å². The predicted octanol–water partition coefficient (Wildman–Crippen LogP) is 2.82. The Bertz CT molecular complexity index is 884. The maximum absolute atomic E-state index is 10.3. The molecule has 1 aromatic carbocycles. The Morgan fingerprint density at radius 3 is 2.70 bits per heavy atom. The summed E-state index contributed by atoms with van der Waals surface area (Å²) in [6.07, 6.45) is 5.30. The van der Waals surface area contributed by atoms with Gasteiger partial charge in [0.15, 0.2) is 17.7 Å². The molecule has 2 aliphatic rings. The normalized spacial score (nSPS) is 19.1. The van der Waals surface area contributed by atoms with Crippen LogP contribution in [0.15, 0.2) is 30.5 Å². The summed E-state index contributed by atoms with van der Waals surface area (Å²) in [5, 5.41) is 20.4. The third kappa shape index (κ3) is 6.46.